The van der Waals surface area contributed by atoms with E-state index in [2.05, 4.69) is 55.2 Å². The molecule has 4 aromatic rings. The predicted octanol–water partition coefficient (Wildman–Crippen LogP) is 2.13. The zero-order valence-electron chi connectivity index (χ0n) is 15.4. The molecule has 1 fully saturated rings. The molecule has 5 rings (SSSR count). The zero-order valence-corrected chi connectivity index (χ0v) is 15.4. The summed E-state index contributed by atoms with van der Waals surface area (Å²) in [5, 5.41) is 5.50. The first-order valence-electron chi connectivity index (χ1n) is 9.28. The molecule has 0 radical (unpaired) electrons. The number of likely N-dealkylation sites (N-methyl/N-ethyl adjacent to an activating group) is 1. The van der Waals surface area contributed by atoms with Gasteiger partial charge in [0.25, 0.3) is 0 Å². The maximum atomic E-state index is 4.61. The molecule has 0 aliphatic carbocycles. The van der Waals surface area contributed by atoms with Gasteiger partial charge in [0.1, 0.15) is 24.1 Å². The Morgan fingerprint density at radius 1 is 1.11 bits per heavy atom. The Kier molecular flexibility index (Phi) is 3.78. The van der Waals surface area contributed by atoms with Crippen LogP contribution in [0.25, 0.3) is 27.9 Å². The second-order valence-corrected chi connectivity index (χ2v) is 7.21. The average Bonchev–Trinajstić information content (AvgIpc) is 3.34. The fraction of sp³-hybridized carbons (Fsp3) is 0.368. The van der Waals surface area contributed by atoms with Crippen LogP contribution >= 0.6 is 0 Å². The Morgan fingerprint density at radius 2 is 2.00 bits per heavy atom. The predicted molar refractivity (Wildman–Crippen MR) is 105 cm³/mol. The molecule has 138 valence electrons. The Labute approximate surface area is 156 Å². The van der Waals surface area contributed by atoms with Gasteiger partial charge < -0.3 is 15.2 Å². The quantitative estimate of drug-likeness (QED) is 0.580. The van der Waals surface area contributed by atoms with E-state index in [0.717, 1.165) is 46.8 Å². The number of rotatable bonds is 3. The number of nitrogens with one attached hydrogen (secondary N) is 2. The number of hydrogen-bond acceptors (Lipinski definition) is 6. The van der Waals surface area contributed by atoms with Crippen molar-refractivity contribution in [2.24, 2.45) is 5.92 Å². The lowest BCUT2D eigenvalue weighted by molar-refractivity contribution is 0.338. The van der Waals surface area contributed by atoms with Crippen molar-refractivity contribution < 1.29 is 0 Å². The molecule has 0 unspecified atom stereocenters. The Bertz CT molecular complexity index is 1100. The van der Waals surface area contributed by atoms with Gasteiger partial charge in [-0.15, -0.1) is 0 Å². The standard InChI is InChI=1S/C19H22N8/c1-12-3-6-20-9-15(12)26(2)17-14-5-8-27(19(14)25-11-23-17)18-13-4-7-21-16(13)22-10-24-18/h4-5,7-8,10-12,15,20H,3,6,9H2,1-2H3,(H,21,22,24)/t12-,15+/m1/s1. The first kappa shape index (κ1) is 16.2. The minimum Gasteiger partial charge on any atom is -0.354 e. The summed E-state index contributed by atoms with van der Waals surface area (Å²) in [6.07, 6.45) is 8.27. The molecule has 1 aliphatic heterocycles. The van der Waals surface area contributed by atoms with Crippen molar-refractivity contribution in [3.63, 3.8) is 0 Å². The molecule has 2 atom stereocenters. The zero-order chi connectivity index (χ0) is 18.4. The molecule has 2 N–H and O–H groups in total. The van der Waals surface area contributed by atoms with Gasteiger partial charge in [-0.2, -0.15) is 0 Å². The van der Waals surface area contributed by atoms with Gasteiger partial charge in [0, 0.05) is 32.0 Å². The van der Waals surface area contributed by atoms with Crippen LogP contribution in [0, 0.1) is 5.92 Å². The van der Waals surface area contributed by atoms with E-state index in [0.29, 0.717) is 12.0 Å². The number of aromatic nitrogens is 6. The van der Waals surface area contributed by atoms with Gasteiger partial charge >= 0.3 is 0 Å². The highest BCUT2D eigenvalue weighted by Crippen LogP contribution is 2.30. The number of aromatic amines is 1. The van der Waals surface area contributed by atoms with E-state index < -0.39 is 0 Å². The molecule has 1 saturated heterocycles. The lowest BCUT2D eigenvalue weighted by Crippen LogP contribution is -2.49. The summed E-state index contributed by atoms with van der Waals surface area (Å²) in [4.78, 5) is 23.4. The Morgan fingerprint density at radius 3 is 2.89 bits per heavy atom. The van der Waals surface area contributed by atoms with Crippen molar-refractivity contribution >= 4 is 27.9 Å². The molecule has 1 aliphatic rings. The van der Waals surface area contributed by atoms with E-state index in [4.69, 9.17) is 0 Å². The summed E-state index contributed by atoms with van der Waals surface area (Å²) < 4.78 is 2.01. The van der Waals surface area contributed by atoms with Gasteiger partial charge in [-0.05, 0) is 31.0 Å². The van der Waals surface area contributed by atoms with Crippen LogP contribution in [0.1, 0.15) is 13.3 Å². The van der Waals surface area contributed by atoms with Crippen LogP contribution in [0.5, 0.6) is 0 Å². The number of fused-ring (bicyclic) bond motifs is 2. The van der Waals surface area contributed by atoms with Crippen LogP contribution < -0.4 is 10.2 Å². The van der Waals surface area contributed by atoms with Gasteiger partial charge in [0.15, 0.2) is 11.5 Å². The van der Waals surface area contributed by atoms with Gasteiger partial charge in [0.2, 0.25) is 0 Å². The molecular weight excluding hydrogens is 340 g/mol. The van der Waals surface area contributed by atoms with Gasteiger partial charge in [-0.1, -0.05) is 6.92 Å². The van der Waals surface area contributed by atoms with Gasteiger partial charge in [-0.25, -0.2) is 19.9 Å². The minimum atomic E-state index is 0.413. The first-order chi connectivity index (χ1) is 13.2. The van der Waals surface area contributed by atoms with E-state index in [9.17, 15) is 0 Å². The third-order valence-electron chi connectivity index (χ3n) is 5.64. The summed E-state index contributed by atoms with van der Waals surface area (Å²) in [6, 6.07) is 4.47. The van der Waals surface area contributed by atoms with Crippen molar-refractivity contribution in [1.29, 1.82) is 0 Å². The molecule has 8 heteroatoms. The van der Waals surface area contributed by atoms with Crippen LogP contribution in [0.4, 0.5) is 5.82 Å². The molecule has 8 nitrogen and oxygen atoms in total. The van der Waals surface area contributed by atoms with E-state index >= 15 is 0 Å². The molecular formula is C19H22N8. The maximum Gasteiger partial charge on any atom is 0.151 e. The topological polar surface area (TPSA) is 87.5 Å². The maximum absolute atomic E-state index is 4.61. The Balaban J connectivity index is 1.62. The fourth-order valence-electron chi connectivity index (χ4n) is 4.09. The number of nitrogens with zero attached hydrogens (tertiary/aromatic N) is 6. The summed E-state index contributed by atoms with van der Waals surface area (Å²) in [6.45, 7) is 4.37. The summed E-state index contributed by atoms with van der Waals surface area (Å²) in [7, 11) is 2.13. The van der Waals surface area contributed by atoms with Crippen LogP contribution in [0.2, 0.25) is 0 Å². The Hall–Kier alpha value is -3.00. The largest absolute Gasteiger partial charge is 0.354 e. The monoisotopic (exact) mass is 362 g/mol. The molecule has 5 heterocycles. The van der Waals surface area contributed by atoms with Gasteiger partial charge in [-0.3, -0.25) is 4.57 Å². The van der Waals surface area contributed by atoms with Crippen LogP contribution in [-0.4, -0.2) is 55.7 Å². The van der Waals surface area contributed by atoms with Crippen LogP contribution in [0.3, 0.4) is 0 Å². The van der Waals surface area contributed by atoms with Crippen molar-refractivity contribution in [3.05, 3.63) is 37.2 Å². The second kappa shape index (κ2) is 6.31. The molecule has 0 amide bonds. The summed E-state index contributed by atoms with van der Waals surface area (Å²) in [5.74, 6) is 2.39. The van der Waals surface area contributed by atoms with Crippen molar-refractivity contribution in [1.82, 2.24) is 34.8 Å². The smallest absolute Gasteiger partial charge is 0.151 e. The molecule has 4 aromatic heterocycles. The lowest BCUT2D eigenvalue weighted by Gasteiger charge is -2.37. The first-order valence-corrected chi connectivity index (χ1v) is 9.28. The number of piperidine rings is 1. The summed E-state index contributed by atoms with van der Waals surface area (Å²) in [5.41, 5.74) is 1.67. The lowest BCUT2D eigenvalue weighted by atomic mass is 9.93. The molecule has 0 saturated carbocycles. The highest BCUT2D eigenvalue weighted by molar-refractivity contribution is 5.91. The van der Waals surface area contributed by atoms with E-state index in [1.807, 2.05) is 23.0 Å². The van der Waals surface area contributed by atoms with Crippen LogP contribution in [0.15, 0.2) is 37.2 Å². The molecule has 0 aromatic carbocycles. The normalized spacial score (nSPS) is 20.4. The average molecular weight is 362 g/mol. The number of H-pyrrole nitrogens is 1. The van der Waals surface area contributed by atoms with E-state index in [1.54, 1.807) is 12.7 Å². The number of anilines is 1. The highest BCUT2D eigenvalue weighted by Gasteiger charge is 2.27. The highest BCUT2D eigenvalue weighted by atomic mass is 15.2. The number of hydrogen-bond donors (Lipinski definition) is 2. The minimum absolute atomic E-state index is 0.413. The van der Waals surface area contributed by atoms with Crippen LogP contribution in [-0.2, 0) is 0 Å². The van der Waals surface area contributed by atoms with E-state index in [-0.39, 0.29) is 0 Å². The van der Waals surface area contributed by atoms with Crippen molar-refractivity contribution in [2.75, 3.05) is 25.0 Å². The molecule has 0 bridgehead atoms. The molecule has 0 spiro atoms. The summed E-state index contributed by atoms with van der Waals surface area (Å²) >= 11 is 0. The van der Waals surface area contributed by atoms with Crippen molar-refractivity contribution in [3.8, 4) is 5.82 Å². The van der Waals surface area contributed by atoms with Gasteiger partial charge in [0.05, 0.1) is 10.8 Å². The third kappa shape index (κ3) is 2.56. The third-order valence-corrected chi connectivity index (χ3v) is 5.64. The fourth-order valence-corrected chi connectivity index (χ4v) is 4.09. The second-order valence-electron chi connectivity index (χ2n) is 7.21. The van der Waals surface area contributed by atoms with E-state index in [1.165, 1.54) is 6.42 Å². The SMILES string of the molecule is C[C@@H]1CCNC[C@@H]1N(C)c1ncnc2c1ccn2-c1ncnc2[nH]ccc12. The van der Waals surface area contributed by atoms with Crippen molar-refractivity contribution in [2.45, 2.75) is 19.4 Å². The molecule has 27 heavy (non-hydrogen) atoms.